The fourth-order valence-electron chi connectivity index (χ4n) is 2.63. The topological polar surface area (TPSA) is 53.4 Å². The van der Waals surface area contributed by atoms with E-state index in [0.717, 1.165) is 30.0 Å². The van der Waals surface area contributed by atoms with Gasteiger partial charge in [-0.25, -0.2) is 0 Å². The largest absolute Gasteiger partial charge is 0.416 e. The highest BCUT2D eigenvalue weighted by molar-refractivity contribution is 5.83. The van der Waals surface area contributed by atoms with Gasteiger partial charge in [-0.05, 0) is 29.8 Å². The van der Waals surface area contributed by atoms with Gasteiger partial charge in [-0.15, -0.1) is 0 Å². The van der Waals surface area contributed by atoms with Gasteiger partial charge in [-0.2, -0.15) is 13.2 Å². The molecule has 126 valence electrons. The van der Waals surface area contributed by atoms with Crippen LogP contribution in [0.1, 0.15) is 28.8 Å². The molecule has 0 radical (unpaired) electrons. The Morgan fingerprint density at radius 3 is 2.38 bits per heavy atom. The molecular formula is C17H15F3N2O2. The van der Waals surface area contributed by atoms with Crippen molar-refractivity contribution in [2.24, 2.45) is 0 Å². The summed E-state index contributed by atoms with van der Waals surface area (Å²) >= 11 is 0. The highest BCUT2D eigenvalue weighted by atomic mass is 19.4. The average molecular weight is 336 g/mol. The number of likely N-dealkylation sites (tertiary alicyclic amines) is 1. The van der Waals surface area contributed by atoms with Crippen molar-refractivity contribution in [3.05, 3.63) is 65.5 Å². The molecule has 1 fully saturated rings. The van der Waals surface area contributed by atoms with Gasteiger partial charge in [0.05, 0.1) is 5.56 Å². The van der Waals surface area contributed by atoms with Crippen LogP contribution in [-0.2, 0) is 11.0 Å². The van der Waals surface area contributed by atoms with Crippen LogP contribution in [-0.4, -0.2) is 34.0 Å². The van der Waals surface area contributed by atoms with E-state index in [9.17, 15) is 23.1 Å². The van der Waals surface area contributed by atoms with E-state index in [1.165, 1.54) is 4.90 Å². The molecule has 2 aromatic rings. The quantitative estimate of drug-likeness (QED) is 0.938. The lowest BCUT2D eigenvalue weighted by molar-refractivity contribution is -0.145. The van der Waals surface area contributed by atoms with Gasteiger partial charge in [0.1, 0.15) is 0 Å². The maximum atomic E-state index is 12.5. The number of hydrogen-bond donors (Lipinski definition) is 1. The number of benzene rings is 1. The smallest absolute Gasteiger partial charge is 0.378 e. The molecule has 1 aromatic carbocycles. The Kier molecular flexibility index (Phi) is 4.28. The molecule has 24 heavy (non-hydrogen) atoms. The van der Waals surface area contributed by atoms with Crippen LogP contribution in [0.4, 0.5) is 13.2 Å². The Morgan fingerprint density at radius 2 is 1.83 bits per heavy atom. The maximum absolute atomic E-state index is 12.5. The zero-order chi connectivity index (χ0) is 17.3. The third kappa shape index (κ3) is 3.26. The second-order valence-corrected chi connectivity index (χ2v) is 5.72. The Morgan fingerprint density at radius 1 is 1.17 bits per heavy atom. The van der Waals surface area contributed by atoms with Crippen molar-refractivity contribution in [2.75, 3.05) is 13.1 Å². The first kappa shape index (κ1) is 16.4. The Labute approximate surface area is 136 Å². The third-order valence-electron chi connectivity index (χ3n) is 4.09. The second-order valence-electron chi connectivity index (χ2n) is 5.72. The maximum Gasteiger partial charge on any atom is 0.416 e. The highest BCUT2D eigenvalue weighted by Crippen LogP contribution is 2.31. The van der Waals surface area contributed by atoms with Crippen LogP contribution in [0, 0.1) is 0 Å². The molecule has 0 spiro atoms. The van der Waals surface area contributed by atoms with Crippen LogP contribution < -0.4 is 0 Å². The van der Waals surface area contributed by atoms with Crippen molar-refractivity contribution in [3.8, 4) is 0 Å². The Balaban J connectivity index is 1.62. The summed E-state index contributed by atoms with van der Waals surface area (Å²) in [6, 6.07) is 9.52. The molecule has 1 N–H and O–H groups in total. The molecule has 0 aliphatic carbocycles. The van der Waals surface area contributed by atoms with Gasteiger partial charge < -0.3 is 10.0 Å². The predicted octanol–water partition coefficient (Wildman–Crippen LogP) is 2.76. The zero-order valence-electron chi connectivity index (χ0n) is 12.6. The number of aliphatic hydroxyl groups is 1. The number of hydrogen-bond acceptors (Lipinski definition) is 3. The van der Waals surface area contributed by atoms with E-state index in [1.807, 2.05) is 12.1 Å². The van der Waals surface area contributed by atoms with Gasteiger partial charge in [0.25, 0.3) is 5.91 Å². The van der Waals surface area contributed by atoms with Crippen LogP contribution in [0.25, 0.3) is 0 Å². The first-order valence-corrected chi connectivity index (χ1v) is 7.41. The van der Waals surface area contributed by atoms with Crippen LogP contribution in [0.2, 0.25) is 0 Å². The van der Waals surface area contributed by atoms with Gasteiger partial charge in [-0.1, -0.05) is 18.2 Å². The standard InChI is InChI=1S/C17H15F3N2O2/c18-17(19,20)13-6-4-11(5-7-13)15(23)16(24)22-9-12(10-22)14-3-1-2-8-21-14/h1-8,12,15,23H,9-10H2/t15-/m1/s1. The first-order chi connectivity index (χ1) is 11.4. The minimum absolute atomic E-state index is 0.120. The van der Waals surface area contributed by atoms with Gasteiger partial charge >= 0.3 is 6.18 Å². The number of halogens is 3. The fraction of sp³-hybridized carbons (Fsp3) is 0.294. The summed E-state index contributed by atoms with van der Waals surface area (Å²) in [4.78, 5) is 17.9. The lowest BCUT2D eigenvalue weighted by Gasteiger charge is -2.40. The van der Waals surface area contributed by atoms with E-state index in [-0.39, 0.29) is 11.5 Å². The summed E-state index contributed by atoms with van der Waals surface area (Å²) in [5.74, 6) is -0.392. The van der Waals surface area contributed by atoms with E-state index < -0.39 is 23.8 Å². The molecule has 1 aliphatic heterocycles. The molecule has 0 bridgehead atoms. The predicted molar refractivity (Wildman–Crippen MR) is 80.0 cm³/mol. The lowest BCUT2D eigenvalue weighted by atomic mass is 9.94. The average Bonchev–Trinajstić information content (AvgIpc) is 2.53. The minimum Gasteiger partial charge on any atom is -0.378 e. The molecule has 0 unspecified atom stereocenters. The van der Waals surface area contributed by atoms with Crippen molar-refractivity contribution in [1.82, 2.24) is 9.88 Å². The number of pyridine rings is 1. The van der Waals surface area contributed by atoms with E-state index in [0.29, 0.717) is 13.1 Å². The van der Waals surface area contributed by atoms with E-state index in [4.69, 9.17) is 0 Å². The number of amides is 1. The summed E-state index contributed by atoms with van der Waals surface area (Å²) in [7, 11) is 0. The highest BCUT2D eigenvalue weighted by Gasteiger charge is 2.36. The summed E-state index contributed by atoms with van der Waals surface area (Å²) in [6.07, 6.45) is -4.23. The zero-order valence-corrected chi connectivity index (χ0v) is 12.6. The molecule has 1 aromatic heterocycles. The van der Waals surface area contributed by atoms with Gasteiger partial charge in [-0.3, -0.25) is 9.78 Å². The molecular weight excluding hydrogens is 321 g/mol. The summed E-state index contributed by atoms with van der Waals surface area (Å²) in [5.41, 5.74) is 0.213. The number of nitrogens with zero attached hydrogens (tertiary/aromatic N) is 2. The molecule has 7 heteroatoms. The van der Waals surface area contributed by atoms with Crippen molar-refractivity contribution >= 4 is 5.91 Å². The van der Waals surface area contributed by atoms with E-state index in [2.05, 4.69) is 4.98 Å². The summed E-state index contributed by atoms with van der Waals surface area (Å²) in [6.45, 7) is 0.876. The van der Waals surface area contributed by atoms with Crippen LogP contribution in [0.15, 0.2) is 48.7 Å². The second kappa shape index (κ2) is 6.24. The Bertz CT molecular complexity index is 711. The number of alkyl halides is 3. The fourth-order valence-corrected chi connectivity index (χ4v) is 2.63. The van der Waals surface area contributed by atoms with Crippen LogP contribution in [0.5, 0.6) is 0 Å². The normalized spacial score (nSPS) is 16.6. The molecule has 1 aliphatic rings. The monoisotopic (exact) mass is 336 g/mol. The third-order valence-corrected chi connectivity index (χ3v) is 4.09. The summed E-state index contributed by atoms with van der Waals surface area (Å²) < 4.78 is 37.6. The molecule has 0 saturated carbocycles. The number of aromatic nitrogens is 1. The minimum atomic E-state index is -4.44. The van der Waals surface area contributed by atoms with Crippen molar-refractivity contribution in [1.29, 1.82) is 0 Å². The van der Waals surface area contributed by atoms with Gasteiger partial charge in [0.2, 0.25) is 0 Å². The number of carbonyl (C=O) groups excluding carboxylic acids is 1. The van der Waals surface area contributed by atoms with E-state index >= 15 is 0 Å². The molecule has 1 saturated heterocycles. The van der Waals surface area contributed by atoms with E-state index in [1.54, 1.807) is 12.3 Å². The molecule has 4 nitrogen and oxygen atoms in total. The lowest BCUT2D eigenvalue weighted by Crippen LogP contribution is -2.50. The van der Waals surface area contributed by atoms with Crippen LogP contribution >= 0.6 is 0 Å². The Hall–Kier alpha value is -2.41. The number of carbonyl (C=O) groups is 1. The number of rotatable bonds is 3. The van der Waals surface area contributed by atoms with Gasteiger partial charge in [0.15, 0.2) is 6.10 Å². The molecule has 2 heterocycles. The number of aliphatic hydroxyl groups excluding tert-OH is 1. The van der Waals surface area contributed by atoms with Crippen molar-refractivity contribution < 1.29 is 23.1 Å². The SMILES string of the molecule is O=C([C@H](O)c1ccc(C(F)(F)F)cc1)N1CC(c2ccccn2)C1. The van der Waals surface area contributed by atoms with Crippen LogP contribution in [0.3, 0.4) is 0 Å². The summed E-state index contributed by atoms with van der Waals surface area (Å²) in [5, 5.41) is 10.1. The van der Waals surface area contributed by atoms with Crippen molar-refractivity contribution in [3.63, 3.8) is 0 Å². The van der Waals surface area contributed by atoms with Crippen molar-refractivity contribution in [2.45, 2.75) is 18.2 Å². The molecule has 1 amide bonds. The molecule has 3 rings (SSSR count). The first-order valence-electron chi connectivity index (χ1n) is 7.41. The van der Waals surface area contributed by atoms with Gasteiger partial charge in [0, 0.05) is 30.9 Å². The molecule has 1 atom stereocenters.